The summed E-state index contributed by atoms with van der Waals surface area (Å²) in [5.41, 5.74) is 3.36. The van der Waals surface area contributed by atoms with Crippen molar-refractivity contribution in [2.45, 2.75) is 26.2 Å². The minimum Gasteiger partial charge on any atom is -0.450 e. The molecular formula is C24H27FN4O3. The van der Waals surface area contributed by atoms with Gasteiger partial charge < -0.3 is 18.9 Å². The maximum absolute atomic E-state index is 14.1. The molecule has 1 saturated heterocycles. The molecule has 32 heavy (non-hydrogen) atoms. The topological polar surface area (TPSA) is 67.2 Å². The second-order valence-corrected chi connectivity index (χ2v) is 7.92. The highest BCUT2D eigenvalue weighted by Gasteiger charge is 2.29. The molecule has 0 aliphatic carbocycles. The number of nitrogens with zero attached hydrogens (tertiary/aromatic N) is 4. The van der Waals surface area contributed by atoms with Crippen molar-refractivity contribution in [2.24, 2.45) is 0 Å². The Morgan fingerprint density at radius 1 is 1.09 bits per heavy atom. The van der Waals surface area contributed by atoms with Crippen molar-refractivity contribution in [3.8, 4) is 0 Å². The van der Waals surface area contributed by atoms with Gasteiger partial charge in [-0.05, 0) is 43.7 Å². The van der Waals surface area contributed by atoms with Gasteiger partial charge in [0.05, 0.1) is 12.3 Å². The molecule has 1 aliphatic rings. The van der Waals surface area contributed by atoms with Gasteiger partial charge in [-0.15, -0.1) is 0 Å². The van der Waals surface area contributed by atoms with Gasteiger partial charge in [0, 0.05) is 50.4 Å². The molecule has 1 aromatic carbocycles. The van der Waals surface area contributed by atoms with Crippen molar-refractivity contribution >= 4 is 17.6 Å². The van der Waals surface area contributed by atoms with Crippen molar-refractivity contribution in [1.29, 1.82) is 0 Å². The minimum atomic E-state index is -0.350. The van der Waals surface area contributed by atoms with Crippen LogP contribution in [0.25, 0.3) is 5.65 Å². The quantitative estimate of drug-likeness (QED) is 0.611. The van der Waals surface area contributed by atoms with Gasteiger partial charge in [-0.25, -0.2) is 14.2 Å². The first-order chi connectivity index (χ1) is 15.5. The normalized spacial score (nSPS) is 15.1. The number of benzene rings is 1. The number of ether oxygens (including phenoxy) is 1. The lowest BCUT2D eigenvalue weighted by atomic mass is 9.91. The van der Waals surface area contributed by atoms with Crippen molar-refractivity contribution in [3.63, 3.8) is 0 Å². The Morgan fingerprint density at radius 3 is 2.53 bits per heavy atom. The number of amides is 2. The summed E-state index contributed by atoms with van der Waals surface area (Å²) >= 11 is 0. The van der Waals surface area contributed by atoms with Crippen LogP contribution in [0.3, 0.4) is 0 Å². The fraction of sp³-hybridized carbons (Fsp3) is 0.375. The Balaban J connectivity index is 1.58. The number of hydrogen-bond donors (Lipinski definition) is 0. The average molecular weight is 439 g/mol. The van der Waals surface area contributed by atoms with Crippen molar-refractivity contribution in [1.82, 2.24) is 19.2 Å². The fourth-order valence-corrected chi connectivity index (χ4v) is 4.25. The van der Waals surface area contributed by atoms with E-state index in [0.29, 0.717) is 32.8 Å². The number of aryl methyl sites for hydroxylation is 1. The van der Waals surface area contributed by atoms with Gasteiger partial charge in [-0.2, -0.15) is 0 Å². The smallest absolute Gasteiger partial charge is 0.409 e. The summed E-state index contributed by atoms with van der Waals surface area (Å²) in [7, 11) is 0. The molecule has 4 rings (SSSR count). The lowest BCUT2D eigenvalue weighted by Gasteiger charge is -2.34. The Labute approximate surface area is 186 Å². The zero-order valence-electron chi connectivity index (χ0n) is 18.3. The van der Waals surface area contributed by atoms with E-state index < -0.39 is 0 Å². The third-order valence-electron chi connectivity index (χ3n) is 5.90. The molecule has 1 atom stereocenters. The maximum atomic E-state index is 14.1. The summed E-state index contributed by atoms with van der Waals surface area (Å²) in [5.74, 6) is -0.725. The van der Waals surface area contributed by atoms with Gasteiger partial charge in [0.2, 0.25) is 5.91 Å². The molecule has 0 spiro atoms. The highest BCUT2D eigenvalue weighted by atomic mass is 19.1. The number of piperazine rings is 1. The molecule has 0 radical (unpaired) electrons. The highest BCUT2D eigenvalue weighted by Crippen LogP contribution is 2.31. The Hall–Kier alpha value is -3.42. The lowest BCUT2D eigenvalue weighted by Crippen LogP contribution is -2.51. The van der Waals surface area contributed by atoms with Crippen LogP contribution >= 0.6 is 0 Å². The molecule has 7 nitrogen and oxygen atoms in total. The monoisotopic (exact) mass is 438 g/mol. The van der Waals surface area contributed by atoms with Gasteiger partial charge in [0.15, 0.2) is 0 Å². The molecule has 2 amide bonds. The van der Waals surface area contributed by atoms with Gasteiger partial charge in [0.1, 0.15) is 11.5 Å². The molecule has 0 N–H and O–H groups in total. The highest BCUT2D eigenvalue weighted by molar-refractivity contribution is 5.78. The van der Waals surface area contributed by atoms with Crippen LogP contribution in [0, 0.1) is 12.7 Å². The third-order valence-corrected chi connectivity index (χ3v) is 5.90. The fourth-order valence-electron chi connectivity index (χ4n) is 4.25. The predicted octanol–water partition coefficient (Wildman–Crippen LogP) is 3.60. The van der Waals surface area contributed by atoms with Crippen molar-refractivity contribution in [2.75, 3.05) is 32.8 Å². The first kappa shape index (κ1) is 21.8. The van der Waals surface area contributed by atoms with E-state index in [2.05, 4.69) is 4.98 Å². The molecule has 1 fully saturated rings. The van der Waals surface area contributed by atoms with E-state index in [4.69, 9.17) is 4.74 Å². The number of rotatable bonds is 5. The van der Waals surface area contributed by atoms with Gasteiger partial charge >= 0.3 is 6.09 Å². The van der Waals surface area contributed by atoms with Crippen LogP contribution in [0.5, 0.6) is 0 Å². The summed E-state index contributed by atoms with van der Waals surface area (Å²) in [4.78, 5) is 33.1. The van der Waals surface area contributed by atoms with Crippen molar-refractivity contribution < 1.29 is 18.7 Å². The number of hydrogen-bond acceptors (Lipinski definition) is 4. The molecule has 2 aromatic heterocycles. The number of halogens is 1. The van der Waals surface area contributed by atoms with E-state index in [1.165, 1.54) is 12.1 Å². The van der Waals surface area contributed by atoms with Crippen LogP contribution in [0.15, 0.2) is 48.7 Å². The number of pyridine rings is 1. The first-order valence-corrected chi connectivity index (χ1v) is 10.9. The van der Waals surface area contributed by atoms with Gasteiger partial charge in [-0.1, -0.05) is 18.2 Å². The predicted molar refractivity (Wildman–Crippen MR) is 118 cm³/mol. The number of fused-ring (bicyclic) bond motifs is 1. The van der Waals surface area contributed by atoms with Gasteiger partial charge in [0.25, 0.3) is 0 Å². The SMILES string of the molecule is CCOC(=O)N1CCN(C(=O)CC(c2cccc(F)c2)c2cnc3cccc(C)n23)CC1. The first-order valence-electron chi connectivity index (χ1n) is 10.9. The van der Waals surface area contributed by atoms with Crippen LogP contribution in [0.4, 0.5) is 9.18 Å². The lowest BCUT2D eigenvalue weighted by molar-refractivity contribution is -0.133. The molecule has 1 aliphatic heterocycles. The van der Waals surface area contributed by atoms with E-state index in [-0.39, 0.29) is 30.2 Å². The maximum Gasteiger partial charge on any atom is 0.409 e. The number of aromatic nitrogens is 2. The zero-order chi connectivity index (χ0) is 22.7. The number of carbonyl (C=O) groups is 2. The van der Waals surface area contributed by atoms with Crippen LogP contribution < -0.4 is 0 Å². The molecule has 168 valence electrons. The van der Waals surface area contributed by atoms with Crippen LogP contribution in [-0.4, -0.2) is 64.0 Å². The Kier molecular flexibility index (Phi) is 6.39. The number of carbonyl (C=O) groups excluding carboxylic acids is 2. The van der Waals surface area contributed by atoms with Gasteiger partial charge in [-0.3, -0.25) is 4.79 Å². The summed E-state index contributed by atoms with van der Waals surface area (Å²) < 4.78 is 21.1. The third kappa shape index (κ3) is 4.44. The average Bonchev–Trinajstić information content (AvgIpc) is 3.23. The minimum absolute atomic E-state index is 0.0358. The standard InChI is InChI=1S/C24H27FN4O3/c1-3-32-24(31)28-12-10-27(11-13-28)23(30)15-20(18-7-5-8-19(25)14-18)21-16-26-22-9-4-6-17(2)29(21)22/h4-9,14,16,20H,3,10-13,15H2,1-2H3. The summed E-state index contributed by atoms with van der Waals surface area (Å²) in [6.07, 6.45) is 1.60. The molecule has 8 heteroatoms. The molecule has 3 aromatic rings. The van der Waals surface area contributed by atoms with E-state index >= 15 is 0 Å². The van der Waals surface area contributed by atoms with E-state index in [1.807, 2.05) is 35.6 Å². The summed E-state index contributed by atoms with van der Waals surface area (Å²) in [6, 6.07) is 12.2. The van der Waals surface area contributed by atoms with Crippen LogP contribution in [0.2, 0.25) is 0 Å². The molecule has 0 saturated carbocycles. The molecule has 3 heterocycles. The zero-order valence-corrected chi connectivity index (χ0v) is 18.3. The molecular weight excluding hydrogens is 411 g/mol. The van der Waals surface area contributed by atoms with E-state index in [0.717, 1.165) is 22.6 Å². The second kappa shape index (κ2) is 9.38. The van der Waals surface area contributed by atoms with Crippen LogP contribution in [0.1, 0.15) is 36.2 Å². The van der Waals surface area contributed by atoms with Crippen molar-refractivity contribution in [3.05, 3.63) is 71.4 Å². The van der Waals surface area contributed by atoms with E-state index in [9.17, 15) is 14.0 Å². The molecule has 1 unspecified atom stereocenters. The second-order valence-electron chi connectivity index (χ2n) is 7.92. The van der Waals surface area contributed by atoms with Crippen LogP contribution in [-0.2, 0) is 9.53 Å². The molecule has 0 bridgehead atoms. The Morgan fingerprint density at radius 2 is 1.81 bits per heavy atom. The summed E-state index contributed by atoms with van der Waals surface area (Å²) in [5, 5.41) is 0. The Bertz CT molecular complexity index is 1120. The summed E-state index contributed by atoms with van der Waals surface area (Å²) in [6.45, 7) is 5.84. The van der Waals surface area contributed by atoms with E-state index in [1.54, 1.807) is 29.0 Å². The number of imidazole rings is 1. The largest absolute Gasteiger partial charge is 0.450 e.